The Balaban J connectivity index is 1.58. The summed E-state index contributed by atoms with van der Waals surface area (Å²) < 4.78 is 5.11. The number of carbonyl (C=O) groups excluding carboxylic acids is 2. The second kappa shape index (κ2) is 9.27. The molecule has 4 rings (SSSR count). The van der Waals surface area contributed by atoms with Crippen LogP contribution >= 0.6 is 0 Å². The lowest BCUT2D eigenvalue weighted by Crippen LogP contribution is -2.35. The molecule has 6 nitrogen and oxygen atoms in total. The predicted octanol–water partition coefficient (Wildman–Crippen LogP) is 3.92. The molecule has 1 amide bonds. The van der Waals surface area contributed by atoms with Gasteiger partial charge in [0.15, 0.2) is 0 Å². The van der Waals surface area contributed by atoms with E-state index in [0.29, 0.717) is 19.1 Å². The van der Waals surface area contributed by atoms with Gasteiger partial charge in [-0.1, -0.05) is 26.0 Å². The number of nitrogens with zero attached hydrogens (tertiary/aromatic N) is 3. The standard InChI is InChI=1S/C25H33N3O3/c1-4-31-23(29)17-26-12-6-13-27(16-15-26)21-9-10-22-24-19(21)7-5-8-20(24)25(30)28(22)14-11-18(2)3/h5,7-10,18H,4,6,11-17H2,1-3H3. The number of rotatable bonds is 7. The summed E-state index contributed by atoms with van der Waals surface area (Å²) in [4.78, 5) is 31.5. The van der Waals surface area contributed by atoms with Gasteiger partial charge in [0.2, 0.25) is 0 Å². The van der Waals surface area contributed by atoms with Crippen LogP contribution in [0.4, 0.5) is 11.4 Å². The van der Waals surface area contributed by atoms with Gasteiger partial charge in [0, 0.05) is 54.7 Å². The molecule has 0 bridgehead atoms. The fourth-order valence-electron chi connectivity index (χ4n) is 4.67. The van der Waals surface area contributed by atoms with E-state index in [2.05, 4.69) is 41.8 Å². The Labute approximate surface area is 184 Å². The van der Waals surface area contributed by atoms with E-state index in [9.17, 15) is 9.59 Å². The maximum absolute atomic E-state index is 13.1. The van der Waals surface area contributed by atoms with Gasteiger partial charge in [0.25, 0.3) is 5.91 Å². The van der Waals surface area contributed by atoms with Crippen LogP contribution in [0.15, 0.2) is 30.3 Å². The first-order chi connectivity index (χ1) is 15.0. The first-order valence-electron chi connectivity index (χ1n) is 11.5. The highest BCUT2D eigenvalue weighted by atomic mass is 16.5. The van der Waals surface area contributed by atoms with Crippen molar-refractivity contribution in [2.45, 2.75) is 33.6 Å². The fraction of sp³-hybridized carbons (Fsp3) is 0.520. The molecule has 0 atom stereocenters. The Bertz CT molecular complexity index is 972. The Morgan fingerprint density at radius 2 is 1.87 bits per heavy atom. The molecule has 2 aliphatic rings. The van der Waals surface area contributed by atoms with E-state index in [1.807, 2.05) is 24.0 Å². The molecule has 6 heteroatoms. The number of hydrogen-bond donors (Lipinski definition) is 0. The number of carbonyl (C=O) groups is 2. The third-order valence-corrected chi connectivity index (χ3v) is 6.28. The molecule has 166 valence electrons. The van der Waals surface area contributed by atoms with Crippen LogP contribution < -0.4 is 9.80 Å². The highest BCUT2D eigenvalue weighted by molar-refractivity contribution is 6.26. The zero-order valence-corrected chi connectivity index (χ0v) is 18.9. The molecule has 1 fully saturated rings. The summed E-state index contributed by atoms with van der Waals surface area (Å²) in [5.74, 6) is 0.525. The van der Waals surface area contributed by atoms with Gasteiger partial charge in [-0.05, 0) is 43.9 Å². The molecule has 2 aromatic rings. The van der Waals surface area contributed by atoms with Crippen molar-refractivity contribution in [2.75, 3.05) is 55.7 Å². The Morgan fingerprint density at radius 1 is 1.06 bits per heavy atom. The molecule has 0 unspecified atom stereocenters. The molecule has 2 heterocycles. The van der Waals surface area contributed by atoms with Gasteiger partial charge in [0.1, 0.15) is 0 Å². The first-order valence-corrected chi connectivity index (χ1v) is 11.5. The monoisotopic (exact) mass is 423 g/mol. The van der Waals surface area contributed by atoms with Crippen LogP contribution in [0.5, 0.6) is 0 Å². The minimum absolute atomic E-state index is 0.120. The molecule has 0 radical (unpaired) electrons. The fourth-order valence-corrected chi connectivity index (χ4v) is 4.67. The molecule has 0 aliphatic carbocycles. The third-order valence-electron chi connectivity index (χ3n) is 6.28. The van der Waals surface area contributed by atoms with Crippen molar-refractivity contribution in [1.29, 1.82) is 0 Å². The van der Waals surface area contributed by atoms with Crippen molar-refractivity contribution in [3.8, 4) is 0 Å². The van der Waals surface area contributed by atoms with Crippen molar-refractivity contribution in [1.82, 2.24) is 4.90 Å². The van der Waals surface area contributed by atoms with Gasteiger partial charge in [-0.15, -0.1) is 0 Å². The number of benzene rings is 2. The van der Waals surface area contributed by atoms with E-state index < -0.39 is 0 Å². The third kappa shape index (κ3) is 4.40. The molecular weight excluding hydrogens is 390 g/mol. The topological polar surface area (TPSA) is 53.1 Å². The number of amides is 1. The molecule has 1 saturated heterocycles. The molecule has 31 heavy (non-hydrogen) atoms. The number of esters is 1. The quantitative estimate of drug-likeness (QED) is 0.632. The zero-order valence-electron chi connectivity index (χ0n) is 18.9. The number of hydrogen-bond acceptors (Lipinski definition) is 5. The molecule has 0 N–H and O–H groups in total. The molecule has 0 spiro atoms. The van der Waals surface area contributed by atoms with Crippen LogP contribution in [0.1, 0.15) is 44.0 Å². The highest BCUT2D eigenvalue weighted by Gasteiger charge is 2.31. The van der Waals surface area contributed by atoms with E-state index in [4.69, 9.17) is 4.74 Å². The maximum atomic E-state index is 13.1. The number of anilines is 2. The van der Waals surface area contributed by atoms with Gasteiger partial charge in [-0.2, -0.15) is 0 Å². The van der Waals surface area contributed by atoms with Crippen LogP contribution in [-0.4, -0.2) is 62.7 Å². The van der Waals surface area contributed by atoms with Crippen molar-refractivity contribution < 1.29 is 14.3 Å². The van der Waals surface area contributed by atoms with Crippen molar-refractivity contribution in [3.63, 3.8) is 0 Å². The van der Waals surface area contributed by atoms with E-state index in [0.717, 1.165) is 67.6 Å². The lowest BCUT2D eigenvalue weighted by atomic mass is 10.0. The molecule has 2 aromatic carbocycles. The van der Waals surface area contributed by atoms with Gasteiger partial charge in [-0.25, -0.2) is 0 Å². The molecule has 0 aromatic heterocycles. The summed E-state index contributed by atoms with van der Waals surface area (Å²) in [7, 11) is 0. The average Bonchev–Trinajstić information content (AvgIpc) is 2.88. The van der Waals surface area contributed by atoms with Gasteiger partial charge in [-0.3, -0.25) is 14.5 Å². The van der Waals surface area contributed by atoms with E-state index >= 15 is 0 Å². The Kier molecular flexibility index (Phi) is 6.46. The first kappa shape index (κ1) is 21.6. The second-order valence-electron chi connectivity index (χ2n) is 8.89. The second-order valence-corrected chi connectivity index (χ2v) is 8.89. The summed E-state index contributed by atoms with van der Waals surface area (Å²) in [5.41, 5.74) is 3.03. The Hall–Kier alpha value is -2.60. The maximum Gasteiger partial charge on any atom is 0.320 e. The Morgan fingerprint density at radius 3 is 2.65 bits per heavy atom. The summed E-state index contributed by atoms with van der Waals surface area (Å²) in [6.45, 7) is 11.2. The normalized spacial score (nSPS) is 17.0. The zero-order chi connectivity index (χ0) is 22.0. The van der Waals surface area contributed by atoms with Crippen LogP contribution in [0, 0.1) is 5.92 Å². The SMILES string of the molecule is CCOC(=O)CN1CCCN(c2ccc3c4c(cccc24)C(=O)N3CCC(C)C)CC1. The van der Waals surface area contributed by atoms with Gasteiger partial charge in [0.05, 0.1) is 18.8 Å². The lowest BCUT2D eigenvalue weighted by molar-refractivity contribution is -0.144. The lowest BCUT2D eigenvalue weighted by Gasteiger charge is -2.26. The van der Waals surface area contributed by atoms with Crippen molar-refractivity contribution in [2.24, 2.45) is 5.92 Å². The van der Waals surface area contributed by atoms with Crippen molar-refractivity contribution >= 4 is 34.0 Å². The molecule has 2 aliphatic heterocycles. The summed E-state index contributed by atoms with van der Waals surface area (Å²) >= 11 is 0. The summed E-state index contributed by atoms with van der Waals surface area (Å²) in [6, 6.07) is 10.4. The minimum atomic E-state index is -0.152. The minimum Gasteiger partial charge on any atom is -0.465 e. The molecule has 0 saturated carbocycles. The van der Waals surface area contributed by atoms with Crippen LogP contribution in [-0.2, 0) is 9.53 Å². The van der Waals surface area contributed by atoms with Gasteiger partial charge >= 0.3 is 5.97 Å². The van der Waals surface area contributed by atoms with Crippen LogP contribution in [0.2, 0.25) is 0 Å². The van der Waals surface area contributed by atoms with E-state index in [1.54, 1.807) is 0 Å². The number of ether oxygens (including phenoxy) is 1. The smallest absolute Gasteiger partial charge is 0.320 e. The van der Waals surface area contributed by atoms with Crippen molar-refractivity contribution in [3.05, 3.63) is 35.9 Å². The van der Waals surface area contributed by atoms with E-state index in [-0.39, 0.29) is 11.9 Å². The summed E-state index contributed by atoms with van der Waals surface area (Å²) in [6.07, 6.45) is 1.98. The van der Waals surface area contributed by atoms with Crippen LogP contribution in [0.25, 0.3) is 10.8 Å². The average molecular weight is 424 g/mol. The summed E-state index contributed by atoms with van der Waals surface area (Å²) in [5, 5.41) is 2.23. The predicted molar refractivity (Wildman–Crippen MR) is 125 cm³/mol. The van der Waals surface area contributed by atoms with E-state index in [1.165, 1.54) is 5.69 Å². The van der Waals surface area contributed by atoms with Gasteiger partial charge < -0.3 is 14.5 Å². The van der Waals surface area contributed by atoms with Crippen LogP contribution in [0.3, 0.4) is 0 Å². The molecular formula is C25H33N3O3. The largest absolute Gasteiger partial charge is 0.465 e. The highest BCUT2D eigenvalue weighted by Crippen LogP contribution is 2.42.